The van der Waals surface area contributed by atoms with Gasteiger partial charge < -0.3 is 56.8 Å². The fraction of sp³-hybridized carbons (Fsp3) is 0.276. The summed E-state index contributed by atoms with van der Waals surface area (Å²) in [6, 6.07) is 49.0. The Balaban J connectivity index is 0.933. The molecule has 12 atom stereocenters. The molecule has 76 heavy (non-hydrogen) atoms. The molecule has 4 saturated heterocycles. The first kappa shape index (κ1) is 51.4. The van der Waals surface area contributed by atoms with Crippen molar-refractivity contribution >= 4 is 35.8 Å². The monoisotopic (exact) mass is 1030 g/mol. The maximum absolute atomic E-state index is 13.9. The highest BCUT2D eigenvalue weighted by Gasteiger charge is 2.58. The lowest BCUT2D eigenvalue weighted by Gasteiger charge is -2.37. The van der Waals surface area contributed by atoms with Gasteiger partial charge in [-0.2, -0.15) is 0 Å². The van der Waals surface area contributed by atoms with Crippen LogP contribution in [-0.2, 0) is 56.8 Å². The van der Waals surface area contributed by atoms with Crippen molar-refractivity contribution in [1.29, 1.82) is 0 Å². The highest BCUT2D eigenvalue weighted by molar-refractivity contribution is 5.92. The summed E-state index contributed by atoms with van der Waals surface area (Å²) in [5.74, 6) is -4.56. The first-order valence-electron chi connectivity index (χ1n) is 24.5. The number of hydrogen-bond donors (Lipinski definition) is 0. The van der Waals surface area contributed by atoms with Crippen LogP contribution in [0.5, 0.6) is 0 Å². The molecule has 4 fully saturated rings. The van der Waals surface area contributed by atoms with Crippen LogP contribution in [0.2, 0.25) is 0 Å². The van der Waals surface area contributed by atoms with Crippen LogP contribution in [-0.4, -0.2) is 136 Å². The predicted molar refractivity (Wildman–Crippen MR) is 263 cm³/mol. The van der Waals surface area contributed by atoms with Crippen LogP contribution in [0.3, 0.4) is 0 Å². The van der Waals surface area contributed by atoms with Gasteiger partial charge in [0.25, 0.3) is 0 Å². The maximum Gasteiger partial charge on any atom is 0.338 e. The van der Waals surface area contributed by atoms with E-state index in [9.17, 15) is 28.8 Å². The van der Waals surface area contributed by atoms with Crippen LogP contribution in [0.1, 0.15) is 62.1 Å². The van der Waals surface area contributed by atoms with Gasteiger partial charge >= 0.3 is 35.8 Å². The third-order valence-electron chi connectivity index (χ3n) is 12.9. The minimum atomic E-state index is -1.51. The zero-order chi connectivity index (χ0) is 52.4. The van der Waals surface area contributed by atoms with E-state index < -0.39 is 123 Å². The van der Waals surface area contributed by atoms with E-state index in [0.29, 0.717) is 0 Å². The minimum Gasteiger partial charge on any atom is -0.459 e. The van der Waals surface area contributed by atoms with Crippen molar-refractivity contribution in [2.45, 2.75) is 73.6 Å². The second-order valence-electron chi connectivity index (χ2n) is 17.9. The molecular formula is C58H50O18. The van der Waals surface area contributed by atoms with Crippen LogP contribution in [0.4, 0.5) is 0 Å². The summed E-state index contributed by atoms with van der Waals surface area (Å²) < 4.78 is 74.6. The quantitative estimate of drug-likeness (QED) is 0.0653. The van der Waals surface area contributed by atoms with Gasteiger partial charge in [0.2, 0.25) is 0 Å². The van der Waals surface area contributed by atoms with Crippen molar-refractivity contribution in [2.24, 2.45) is 0 Å². The Bertz CT molecular complexity index is 2930. The van der Waals surface area contributed by atoms with Crippen molar-refractivity contribution in [1.82, 2.24) is 0 Å². The highest BCUT2D eigenvalue weighted by atomic mass is 16.8. The Labute approximate surface area is 435 Å². The number of fused-ring (bicyclic) bond motifs is 2. The molecule has 4 aliphatic heterocycles. The van der Waals surface area contributed by atoms with Crippen molar-refractivity contribution in [3.63, 3.8) is 0 Å². The first-order valence-corrected chi connectivity index (χ1v) is 24.5. The average Bonchev–Trinajstić information content (AvgIpc) is 4.07. The number of carbonyl (C=O) groups is 6. The number of hydrogen-bond acceptors (Lipinski definition) is 18. The third kappa shape index (κ3) is 12.0. The molecule has 0 N–H and O–H groups in total. The number of benzene rings is 6. The smallest absolute Gasteiger partial charge is 0.338 e. The summed E-state index contributed by atoms with van der Waals surface area (Å²) in [5, 5.41) is 0. The van der Waals surface area contributed by atoms with Gasteiger partial charge in [0.1, 0.15) is 49.8 Å². The molecule has 18 heteroatoms. The molecule has 18 nitrogen and oxygen atoms in total. The van der Waals surface area contributed by atoms with Crippen LogP contribution in [0, 0.1) is 0 Å². The molecule has 4 heterocycles. The van der Waals surface area contributed by atoms with E-state index in [1.807, 2.05) is 0 Å². The topological polar surface area (TPSA) is 213 Å². The lowest BCUT2D eigenvalue weighted by Crippen LogP contribution is -2.54. The van der Waals surface area contributed by atoms with E-state index in [-0.39, 0.29) is 46.6 Å². The largest absolute Gasteiger partial charge is 0.459 e. The van der Waals surface area contributed by atoms with Gasteiger partial charge in [0, 0.05) is 0 Å². The van der Waals surface area contributed by atoms with Crippen LogP contribution in [0.25, 0.3) is 0 Å². The second-order valence-corrected chi connectivity index (χ2v) is 17.9. The molecule has 0 radical (unpaired) electrons. The van der Waals surface area contributed by atoms with Gasteiger partial charge in [-0.1, -0.05) is 109 Å². The number of ether oxygens (including phenoxy) is 12. The summed E-state index contributed by atoms with van der Waals surface area (Å²) in [6.07, 6.45) is -15.1. The molecule has 4 aliphatic rings. The molecule has 0 unspecified atom stereocenters. The Morgan fingerprint density at radius 1 is 0.355 bits per heavy atom. The van der Waals surface area contributed by atoms with E-state index in [4.69, 9.17) is 56.8 Å². The summed E-state index contributed by atoms with van der Waals surface area (Å²) in [4.78, 5) is 81.9. The van der Waals surface area contributed by atoms with Gasteiger partial charge in [-0.15, -0.1) is 0 Å². The Morgan fingerprint density at radius 2 is 0.671 bits per heavy atom. The second kappa shape index (κ2) is 24.1. The van der Waals surface area contributed by atoms with Crippen molar-refractivity contribution < 1.29 is 85.6 Å². The number of rotatable bonds is 18. The van der Waals surface area contributed by atoms with Gasteiger partial charge in [0.05, 0.1) is 46.6 Å². The van der Waals surface area contributed by atoms with E-state index in [0.717, 1.165) is 0 Å². The molecule has 0 saturated carbocycles. The molecule has 0 amide bonds. The molecule has 2 bridgehead atoms. The van der Waals surface area contributed by atoms with Crippen LogP contribution >= 0.6 is 0 Å². The molecule has 6 aromatic carbocycles. The number of esters is 6. The normalized spacial score (nSPS) is 26.4. The van der Waals surface area contributed by atoms with E-state index in [2.05, 4.69) is 0 Å². The predicted octanol–water partition coefficient (Wildman–Crippen LogP) is 6.62. The van der Waals surface area contributed by atoms with Gasteiger partial charge in [-0.25, -0.2) is 28.8 Å². The van der Waals surface area contributed by atoms with Crippen LogP contribution < -0.4 is 0 Å². The lowest BCUT2D eigenvalue weighted by atomic mass is 10.0. The zero-order valence-electron chi connectivity index (χ0n) is 40.4. The van der Waals surface area contributed by atoms with E-state index in [1.165, 1.54) is 0 Å². The molecule has 10 rings (SSSR count). The van der Waals surface area contributed by atoms with E-state index in [1.54, 1.807) is 182 Å². The maximum atomic E-state index is 13.9. The molecule has 0 aliphatic carbocycles. The molecule has 390 valence electrons. The van der Waals surface area contributed by atoms with Crippen LogP contribution in [0.15, 0.2) is 182 Å². The summed E-state index contributed by atoms with van der Waals surface area (Å²) in [6.45, 7) is -1.04. The fourth-order valence-corrected chi connectivity index (χ4v) is 9.09. The third-order valence-corrected chi connectivity index (χ3v) is 12.9. The van der Waals surface area contributed by atoms with Gasteiger partial charge in [-0.3, -0.25) is 0 Å². The standard InChI is InChI=1S/C58H50O18/c59-51(35-19-7-1-8-20-35)67-33-43-47(72-53(61)37-23-11-3-12-24-37)49(74-55(63)39-27-15-5-16-28-39)57(70-43)69-42-32-65-41-31-66-45(42)46(41)76-58-50(75-56(64)40-29-17-6-18-30-40)48(73-54(62)38-25-13-4-14-26-38)44(71-58)34-68-52(60)36-21-9-2-10-22-36/h1-30,41-50,57-58H,31-34H2/t41-,42-,43-,44-,45+,46+,47-,48-,49+,50+,57+,58-/m1/s1. The average molecular weight is 1040 g/mol. The lowest BCUT2D eigenvalue weighted by molar-refractivity contribution is -0.270. The summed E-state index contributed by atoms with van der Waals surface area (Å²) >= 11 is 0. The Hall–Kier alpha value is -8.10. The Kier molecular flexibility index (Phi) is 16.3. The summed E-state index contributed by atoms with van der Waals surface area (Å²) in [7, 11) is 0. The Morgan fingerprint density at radius 3 is 1.03 bits per heavy atom. The van der Waals surface area contributed by atoms with E-state index >= 15 is 0 Å². The fourth-order valence-electron chi connectivity index (χ4n) is 9.09. The van der Waals surface area contributed by atoms with Crippen molar-refractivity contribution in [2.75, 3.05) is 26.4 Å². The molecular weight excluding hydrogens is 985 g/mol. The van der Waals surface area contributed by atoms with Gasteiger partial charge in [0.15, 0.2) is 37.0 Å². The molecule has 0 aromatic heterocycles. The van der Waals surface area contributed by atoms with Crippen molar-refractivity contribution in [3.05, 3.63) is 215 Å². The minimum absolute atomic E-state index is 0.00571. The SMILES string of the molecule is O=C(OC[C@H]1O[C@H](O[C@@H]2[C@H]3OC[C@H]2OC[C@H]3O[C@H]2O[C@H](COC(=O)c3ccccc3)[C@@H](OC(=O)c3ccccc3)[C@@H]2OC(=O)c2ccccc2)[C@@H](OC(=O)c2ccccc2)[C@@H]1OC(=O)c1ccccc1)c1ccccc1. The first-order chi connectivity index (χ1) is 37.2. The number of carbonyl (C=O) groups excluding carboxylic acids is 6. The highest BCUT2D eigenvalue weighted by Crippen LogP contribution is 2.39. The zero-order valence-corrected chi connectivity index (χ0v) is 40.4. The van der Waals surface area contributed by atoms with Gasteiger partial charge in [-0.05, 0) is 72.8 Å². The summed E-state index contributed by atoms with van der Waals surface area (Å²) in [5.41, 5.74) is 1.21. The molecule has 6 aromatic rings. The van der Waals surface area contributed by atoms with Crippen molar-refractivity contribution in [3.8, 4) is 0 Å². The molecule has 0 spiro atoms.